The zero-order chi connectivity index (χ0) is 18.9. The van der Waals surface area contributed by atoms with Gasteiger partial charge in [0.1, 0.15) is 6.26 Å². The van der Waals surface area contributed by atoms with Crippen molar-refractivity contribution >= 4 is 23.5 Å². The van der Waals surface area contributed by atoms with E-state index < -0.39 is 0 Å². The van der Waals surface area contributed by atoms with Gasteiger partial charge in [-0.25, -0.2) is 4.79 Å². The van der Waals surface area contributed by atoms with Gasteiger partial charge in [-0.05, 0) is 37.6 Å². The van der Waals surface area contributed by atoms with Crippen molar-refractivity contribution < 1.29 is 18.8 Å². The van der Waals surface area contributed by atoms with E-state index in [9.17, 15) is 14.4 Å². The van der Waals surface area contributed by atoms with E-state index in [1.54, 1.807) is 24.3 Å². The van der Waals surface area contributed by atoms with Crippen LogP contribution in [0.4, 0.5) is 10.5 Å². The summed E-state index contributed by atoms with van der Waals surface area (Å²) in [6.45, 7) is 3.95. The number of anilines is 1. The van der Waals surface area contributed by atoms with Crippen molar-refractivity contribution in [2.45, 2.75) is 26.4 Å². The summed E-state index contributed by atoms with van der Waals surface area (Å²) in [6, 6.07) is 8.41. The van der Waals surface area contributed by atoms with Gasteiger partial charge in [0.2, 0.25) is 5.91 Å². The molecule has 1 heterocycles. The van der Waals surface area contributed by atoms with E-state index >= 15 is 0 Å². The molecule has 138 valence electrons. The molecule has 2 rings (SSSR count). The van der Waals surface area contributed by atoms with Gasteiger partial charge in [0.15, 0.2) is 0 Å². The average Bonchev–Trinajstić information content (AvgIpc) is 3.13. The van der Waals surface area contributed by atoms with Gasteiger partial charge < -0.3 is 25.7 Å². The maximum absolute atomic E-state index is 11.8. The van der Waals surface area contributed by atoms with Crippen molar-refractivity contribution in [2.75, 3.05) is 11.9 Å². The number of furan rings is 1. The van der Waals surface area contributed by atoms with Crippen LogP contribution < -0.4 is 21.3 Å². The predicted octanol–water partition coefficient (Wildman–Crippen LogP) is 1.86. The number of carbonyl (C=O) groups is 3. The van der Waals surface area contributed by atoms with Gasteiger partial charge in [-0.2, -0.15) is 0 Å². The second kappa shape index (κ2) is 9.26. The summed E-state index contributed by atoms with van der Waals surface area (Å²) < 4.78 is 4.81. The number of amides is 4. The minimum atomic E-state index is -0.371. The van der Waals surface area contributed by atoms with E-state index in [-0.39, 0.29) is 30.4 Å². The quantitative estimate of drug-likeness (QED) is 0.605. The van der Waals surface area contributed by atoms with Crippen LogP contribution in [0.1, 0.15) is 29.8 Å². The standard InChI is InChI=1S/C18H22N4O4/c1-12(2)21-18(25)22-15-5-3-13(4-6-15)9-19-16(23)10-20-17(24)14-7-8-26-11-14/h3-8,11-12H,9-10H2,1-2H3,(H,19,23)(H,20,24)(H2,21,22,25). The summed E-state index contributed by atoms with van der Waals surface area (Å²) >= 11 is 0. The summed E-state index contributed by atoms with van der Waals surface area (Å²) in [5.74, 6) is -0.677. The lowest BCUT2D eigenvalue weighted by atomic mass is 10.2. The Morgan fingerprint density at radius 2 is 1.77 bits per heavy atom. The van der Waals surface area contributed by atoms with Gasteiger partial charge in [0.25, 0.3) is 5.91 Å². The van der Waals surface area contributed by atoms with E-state index in [2.05, 4.69) is 21.3 Å². The smallest absolute Gasteiger partial charge is 0.319 e. The van der Waals surface area contributed by atoms with E-state index in [1.807, 2.05) is 13.8 Å². The molecule has 4 N–H and O–H groups in total. The topological polar surface area (TPSA) is 112 Å². The summed E-state index contributed by atoms with van der Waals surface area (Å²) in [6.07, 6.45) is 2.70. The summed E-state index contributed by atoms with van der Waals surface area (Å²) in [7, 11) is 0. The first-order valence-electron chi connectivity index (χ1n) is 8.17. The monoisotopic (exact) mass is 358 g/mol. The zero-order valence-corrected chi connectivity index (χ0v) is 14.7. The number of hydrogen-bond acceptors (Lipinski definition) is 4. The Labute approximate surface area is 151 Å². The van der Waals surface area contributed by atoms with Gasteiger partial charge in [0.05, 0.1) is 18.4 Å². The van der Waals surface area contributed by atoms with Crippen LogP contribution in [0.25, 0.3) is 0 Å². The van der Waals surface area contributed by atoms with Crippen LogP contribution in [0, 0.1) is 0 Å². The maximum atomic E-state index is 11.8. The SMILES string of the molecule is CC(C)NC(=O)Nc1ccc(CNC(=O)CNC(=O)c2ccoc2)cc1. The molecule has 0 saturated heterocycles. The lowest BCUT2D eigenvalue weighted by Gasteiger charge is -2.11. The lowest BCUT2D eigenvalue weighted by molar-refractivity contribution is -0.120. The van der Waals surface area contributed by atoms with Crippen LogP contribution in [-0.2, 0) is 11.3 Å². The molecule has 0 radical (unpaired) electrons. The van der Waals surface area contributed by atoms with E-state index in [0.717, 1.165) is 5.56 Å². The van der Waals surface area contributed by atoms with E-state index in [4.69, 9.17) is 4.42 Å². The molecular weight excluding hydrogens is 336 g/mol. The Hall–Kier alpha value is -3.29. The highest BCUT2D eigenvalue weighted by Gasteiger charge is 2.09. The zero-order valence-electron chi connectivity index (χ0n) is 14.7. The highest BCUT2D eigenvalue weighted by atomic mass is 16.3. The fourth-order valence-corrected chi connectivity index (χ4v) is 2.05. The molecule has 0 aliphatic rings. The molecule has 8 nitrogen and oxygen atoms in total. The van der Waals surface area contributed by atoms with Gasteiger partial charge in [0, 0.05) is 18.3 Å². The first-order chi connectivity index (χ1) is 12.4. The normalized spacial score (nSPS) is 10.3. The molecule has 8 heteroatoms. The molecule has 0 aliphatic carbocycles. The molecule has 2 aromatic rings. The summed E-state index contributed by atoms with van der Waals surface area (Å²) in [4.78, 5) is 35.1. The largest absolute Gasteiger partial charge is 0.472 e. The lowest BCUT2D eigenvalue weighted by Crippen LogP contribution is -2.36. The Balaban J connectivity index is 1.72. The third-order valence-corrected chi connectivity index (χ3v) is 3.31. The first-order valence-corrected chi connectivity index (χ1v) is 8.17. The molecule has 0 bridgehead atoms. The second-order valence-electron chi connectivity index (χ2n) is 5.92. The van der Waals surface area contributed by atoms with Crippen LogP contribution in [-0.4, -0.2) is 30.4 Å². The Morgan fingerprint density at radius 3 is 2.38 bits per heavy atom. The molecule has 26 heavy (non-hydrogen) atoms. The molecule has 0 saturated carbocycles. The van der Waals surface area contributed by atoms with Gasteiger partial charge in [-0.1, -0.05) is 12.1 Å². The van der Waals surface area contributed by atoms with Crippen molar-refractivity contribution in [1.29, 1.82) is 0 Å². The molecule has 0 atom stereocenters. The highest BCUT2D eigenvalue weighted by Crippen LogP contribution is 2.09. The third-order valence-electron chi connectivity index (χ3n) is 3.31. The van der Waals surface area contributed by atoms with Crippen LogP contribution >= 0.6 is 0 Å². The number of urea groups is 1. The van der Waals surface area contributed by atoms with Gasteiger partial charge in [-0.3, -0.25) is 9.59 Å². The Bertz CT molecular complexity index is 739. The molecule has 1 aromatic carbocycles. The Kier molecular flexibility index (Phi) is 6.78. The number of nitrogens with one attached hydrogen (secondary N) is 4. The van der Waals surface area contributed by atoms with Gasteiger partial charge >= 0.3 is 6.03 Å². The minimum Gasteiger partial charge on any atom is -0.472 e. The number of rotatable bonds is 7. The van der Waals surface area contributed by atoms with Crippen LogP contribution in [0.5, 0.6) is 0 Å². The number of benzene rings is 1. The molecule has 0 aliphatic heterocycles. The second-order valence-corrected chi connectivity index (χ2v) is 5.92. The highest BCUT2D eigenvalue weighted by molar-refractivity contribution is 5.96. The fraction of sp³-hybridized carbons (Fsp3) is 0.278. The van der Waals surface area contributed by atoms with Crippen LogP contribution in [0.2, 0.25) is 0 Å². The first kappa shape index (κ1) is 19.0. The van der Waals surface area contributed by atoms with Crippen molar-refractivity contribution in [3.63, 3.8) is 0 Å². The molecule has 0 unspecified atom stereocenters. The molecule has 0 fully saturated rings. The Morgan fingerprint density at radius 1 is 1.04 bits per heavy atom. The number of carbonyl (C=O) groups excluding carboxylic acids is 3. The van der Waals surface area contributed by atoms with Gasteiger partial charge in [-0.15, -0.1) is 0 Å². The van der Waals surface area contributed by atoms with Crippen molar-refractivity contribution in [3.8, 4) is 0 Å². The molecular formula is C18H22N4O4. The predicted molar refractivity (Wildman–Crippen MR) is 96.6 cm³/mol. The van der Waals surface area contributed by atoms with Crippen LogP contribution in [0.15, 0.2) is 47.3 Å². The fourth-order valence-electron chi connectivity index (χ4n) is 2.05. The van der Waals surface area contributed by atoms with Crippen molar-refractivity contribution in [3.05, 3.63) is 54.0 Å². The minimum absolute atomic E-state index is 0.0542. The van der Waals surface area contributed by atoms with Crippen molar-refractivity contribution in [1.82, 2.24) is 16.0 Å². The molecule has 1 aromatic heterocycles. The molecule has 0 spiro atoms. The van der Waals surface area contributed by atoms with Crippen LogP contribution in [0.3, 0.4) is 0 Å². The van der Waals surface area contributed by atoms with E-state index in [0.29, 0.717) is 17.8 Å². The summed E-state index contributed by atoms with van der Waals surface area (Å²) in [5.41, 5.74) is 1.89. The summed E-state index contributed by atoms with van der Waals surface area (Å²) in [5, 5.41) is 10.7. The average molecular weight is 358 g/mol. The third kappa shape index (κ3) is 6.31. The number of hydrogen-bond donors (Lipinski definition) is 4. The maximum Gasteiger partial charge on any atom is 0.319 e. The van der Waals surface area contributed by atoms with Crippen molar-refractivity contribution in [2.24, 2.45) is 0 Å². The van der Waals surface area contributed by atoms with E-state index in [1.165, 1.54) is 18.6 Å². The molecule has 4 amide bonds.